The third-order valence-electron chi connectivity index (χ3n) is 2.55. The van der Waals surface area contributed by atoms with Crippen molar-refractivity contribution in [1.29, 1.82) is 0 Å². The Morgan fingerprint density at radius 1 is 1.65 bits per heavy atom. The monoisotopic (exact) mass is 263 g/mol. The Hall–Kier alpha value is -1.15. The van der Waals surface area contributed by atoms with Crippen molar-refractivity contribution in [2.24, 2.45) is 0 Å². The van der Waals surface area contributed by atoms with E-state index >= 15 is 0 Å². The molecule has 0 radical (unpaired) electrons. The highest BCUT2D eigenvalue weighted by Crippen LogP contribution is 2.27. The van der Waals surface area contributed by atoms with Crippen LogP contribution < -0.4 is 11.4 Å². The molecule has 8 heteroatoms. The van der Waals surface area contributed by atoms with Crippen LogP contribution in [0.4, 0.5) is 5.82 Å². The number of ether oxygens (including phenoxy) is 1. The lowest BCUT2D eigenvalue weighted by atomic mass is 10.2. The zero-order valence-corrected chi connectivity index (χ0v) is 9.71. The van der Waals surface area contributed by atoms with E-state index in [-0.39, 0.29) is 31.3 Å². The molecule has 2 rings (SSSR count). The van der Waals surface area contributed by atoms with Gasteiger partial charge < -0.3 is 20.7 Å². The standard InChI is InChI=1S/C9H13N3O4.ClH/c10-7-1-2-12(9(15)11-7)8-3-5(14)6(4-13)16-8;/h1-2,5-6,8,13-14H,3-4H2,(H2,10,11,15);1H/t5-,6+,8+;/m0./s1. The van der Waals surface area contributed by atoms with Crippen LogP contribution >= 0.6 is 12.4 Å². The van der Waals surface area contributed by atoms with Crippen molar-refractivity contribution in [2.75, 3.05) is 12.3 Å². The number of aliphatic hydroxyl groups excluding tert-OH is 2. The predicted octanol–water partition coefficient (Wildman–Crippen LogP) is -1.11. The van der Waals surface area contributed by atoms with Crippen LogP contribution in [0.25, 0.3) is 0 Å². The first-order chi connectivity index (χ1) is 7.61. The fraction of sp³-hybridized carbons (Fsp3) is 0.556. The minimum Gasteiger partial charge on any atom is -0.394 e. The summed E-state index contributed by atoms with van der Waals surface area (Å²) in [5.74, 6) is 0.138. The zero-order valence-electron chi connectivity index (χ0n) is 8.89. The molecule has 0 spiro atoms. The number of nitrogen functional groups attached to an aromatic ring is 1. The van der Waals surface area contributed by atoms with Crippen LogP contribution in [0, 0.1) is 0 Å². The van der Waals surface area contributed by atoms with Crippen molar-refractivity contribution < 1.29 is 14.9 Å². The van der Waals surface area contributed by atoms with E-state index in [2.05, 4.69) is 4.98 Å². The number of halogens is 1. The maximum absolute atomic E-state index is 11.5. The summed E-state index contributed by atoms with van der Waals surface area (Å²) in [6.45, 7) is -0.283. The second-order valence-electron chi connectivity index (χ2n) is 3.66. The number of anilines is 1. The van der Waals surface area contributed by atoms with E-state index in [0.717, 1.165) is 0 Å². The van der Waals surface area contributed by atoms with Crippen molar-refractivity contribution in [1.82, 2.24) is 9.55 Å². The van der Waals surface area contributed by atoms with Crippen LogP contribution in [0.15, 0.2) is 17.1 Å². The largest absolute Gasteiger partial charge is 0.394 e. The Kier molecular flexibility index (Phi) is 4.47. The van der Waals surface area contributed by atoms with Crippen LogP contribution in [-0.4, -0.2) is 38.6 Å². The van der Waals surface area contributed by atoms with Crippen molar-refractivity contribution in [3.05, 3.63) is 22.7 Å². The maximum Gasteiger partial charge on any atom is 0.351 e. The van der Waals surface area contributed by atoms with E-state index in [0.29, 0.717) is 0 Å². The average molecular weight is 264 g/mol. The SMILES string of the molecule is Cl.Nc1ccn([C@H]2C[C@H](O)[C@@H](CO)O2)c(=O)n1. The van der Waals surface area contributed by atoms with E-state index in [1.807, 2.05) is 0 Å². The molecule has 0 saturated carbocycles. The number of rotatable bonds is 2. The molecule has 7 nitrogen and oxygen atoms in total. The second-order valence-corrected chi connectivity index (χ2v) is 3.66. The summed E-state index contributed by atoms with van der Waals surface area (Å²) < 4.78 is 6.56. The summed E-state index contributed by atoms with van der Waals surface area (Å²) >= 11 is 0. The van der Waals surface area contributed by atoms with Gasteiger partial charge in [-0.05, 0) is 6.07 Å². The van der Waals surface area contributed by atoms with Gasteiger partial charge in [0.1, 0.15) is 18.1 Å². The Bertz CT molecular complexity index is 438. The van der Waals surface area contributed by atoms with Gasteiger partial charge in [-0.15, -0.1) is 12.4 Å². The van der Waals surface area contributed by atoms with Gasteiger partial charge in [0, 0.05) is 12.6 Å². The summed E-state index contributed by atoms with van der Waals surface area (Å²) in [5, 5.41) is 18.4. The van der Waals surface area contributed by atoms with Crippen molar-refractivity contribution in [3.8, 4) is 0 Å². The molecule has 17 heavy (non-hydrogen) atoms. The van der Waals surface area contributed by atoms with Crippen molar-refractivity contribution in [3.63, 3.8) is 0 Å². The first-order valence-electron chi connectivity index (χ1n) is 4.91. The van der Waals surface area contributed by atoms with E-state index in [4.69, 9.17) is 15.6 Å². The first kappa shape index (κ1) is 13.9. The van der Waals surface area contributed by atoms with Gasteiger partial charge in [0.05, 0.1) is 12.7 Å². The Morgan fingerprint density at radius 3 is 2.88 bits per heavy atom. The van der Waals surface area contributed by atoms with Crippen LogP contribution in [0.1, 0.15) is 12.6 Å². The van der Waals surface area contributed by atoms with Crippen LogP contribution in [0.5, 0.6) is 0 Å². The molecule has 1 aromatic rings. The molecule has 3 atom stereocenters. The van der Waals surface area contributed by atoms with Crippen LogP contribution in [-0.2, 0) is 4.74 Å². The maximum atomic E-state index is 11.5. The van der Waals surface area contributed by atoms with E-state index in [9.17, 15) is 9.90 Å². The topological polar surface area (TPSA) is 111 Å². The molecule has 1 saturated heterocycles. The fourth-order valence-electron chi connectivity index (χ4n) is 1.70. The highest BCUT2D eigenvalue weighted by atomic mass is 35.5. The molecular weight excluding hydrogens is 250 g/mol. The number of nitrogens with two attached hydrogens (primary N) is 1. The Balaban J connectivity index is 0.00000144. The summed E-state index contributed by atoms with van der Waals surface area (Å²) in [6.07, 6.45) is -0.333. The van der Waals surface area contributed by atoms with Crippen LogP contribution in [0.3, 0.4) is 0 Å². The Labute approximate surface area is 103 Å². The smallest absolute Gasteiger partial charge is 0.351 e. The minimum absolute atomic E-state index is 0. The molecule has 1 fully saturated rings. The summed E-state index contributed by atoms with van der Waals surface area (Å²) in [6, 6.07) is 1.48. The second kappa shape index (κ2) is 5.46. The molecule has 4 N–H and O–H groups in total. The van der Waals surface area contributed by atoms with E-state index < -0.39 is 24.1 Å². The third kappa shape index (κ3) is 2.75. The Morgan fingerprint density at radius 2 is 2.35 bits per heavy atom. The number of aromatic nitrogens is 2. The van der Waals surface area contributed by atoms with Gasteiger partial charge in [-0.1, -0.05) is 0 Å². The minimum atomic E-state index is -0.778. The van der Waals surface area contributed by atoms with Gasteiger partial charge >= 0.3 is 5.69 Å². The molecule has 2 heterocycles. The first-order valence-corrected chi connectivity index (χ1v) is 4.91. The number of aliphatic hydroxyl groups is 2. The lowest BCUT2D eigenvalue weighted by molar-refractivity contribution is -0.0458. The third-order valence-corrected chi connectivity index (χ3v) is 2.55. The molecule has 0 bridgehead atoms. The molecule has 1 aliphatic rings. The zero-order chi connectivity index (χ0) is 11.7. The molecule has 0 aromatic carbocycles. The van der Waals surface area contributed by atoms with Gasteiger partial charge in [0.2, 0.25) is 0 Å². The van der Waals surface area contributed by atoms with Gasteiger partial charge in [-0.2, -0.15) is 4.98 Å². The lowest BCUT2D eigenvalue weighted by Gasteiger charge is -2.13. The van der Waals surface area contributed by atoms with E-state index in [1.54, 1.807) is 0 Å². The highest BCUT2D eigenvalue weighted by molar-refractivity contribution is 5.85. The normalized spacial score (nSPS) is 27.8. The van der Waals surface area contributed by atoms with Crippen LogP contribution in [0.2, 0.25) is 0 Å². The highest BCUT2D eigenvalue weighted by Gasteiger charge is 2.34. The predicted molar refractivity (Wildman–Crippen MR) is 61.8 cm³/mol. The summed E-state index contributed by atoms with van der Waals surface area (Å²) in [5.41, 5.74) is 4.82. The molecule has 0 amide bonds. The molecule has 96 valence electrons. The summed E-state index contributed by atoms with van der Waals surface area (Å²) in [4.78, 5) is 15.0. The number of hydrogen-bond donors (Lipinski definition) is 3. The van der Waals surface area contributed by atoms with Gasteiger partial charge in [0.25, 0.3) is 0 Å². The quantitative estimate of drug-likeness (QED) is 0.624. The van der Waals surface area contributed by atoms with Crippen molar-refractivity contribution >= 4 is 18.2 Å². The number of nitrogens with zero attached hydrogens (tertiary/aromatic N) is 2. The van der Waals surface area contributed by atoms with Crippen molar-refractivity contribution in [2.45, 2.75) is 24.9 Å². The van der Waals surface area contributed by atoms with Gasteiger partial charge in [0.15, 0.2) is 0 Å². The number of hydrogen-bond acceptors (Lipinski definition) is 6. The molecule has 0 aliphatic carbocycles. The fourth-order valence-corrected chi connectivity index (χ4v) is 1.70. The van der Waals surface area contributed by atoms with E-state index in [1.165, 1.54) is 16.8 Å². The van der Waals surface area contributed by atoms with Gasteiger partial charge in [-0.3, -0.25) is 4.57 Å². The lowest BCUT2D eigenvalue weighted by Crippen LogP contribution is -2.27. The molecule has 1 aliphatic heterocycles. The molecule has 0 unspecified atom stereocenters. The summed E-state index contributed by atoms with van der Waals surface area (Å²) in [7, 11) is 0. The van der Waals surface area contributed by atoms with Gasteiger partial charge in [-0.25, -0.2) is 4.79 Å². The molecule has 1 aromatic heterocycles. The molecular formula is C9H14ClN3O4. The average Bonchev–Trinajstić information content (AvgIpc) is 2.59.